The molecular formula is C24H33N3. The number of benzene rings is 1. The predicted octanol–water partition coefficient (Wildman–Crippen LogP) is 6.30. The first-order valence-corrected chi connectivity index (χ1v) is 10.8. The third kappa shape index (κ3) is 3.37. The summed E-state index contributed by atoms with van der Waals surface area (Å²) < 4.78 is 2.33. The molecule has 3 aliphatic carbocycles. The van der Waals surface area contributed by atoms with E-state index in [0.29, 0.717) is 5.41 Å². The highest BCUT2D eigenvalue weighted by molar-refractivity contribution is 5.55. The van der Waals surface area contributed by atoms with Crippen LogP contribution in [-0.2, 0) is 12.0 Å². The van der Waals surface area contributed by atoms with E-state index in [1.54, 1.807) is 0 Å². The standard InChI is InChI=1S/C24H33N3/c1-3-5-9-12-23-13-16-24(17-14-23,18-15-23)22-26-25-21(27(22)19-4-2)20-10-7-6-8-11-20/h4,6-8,10-11H,2-3,5,9,12-19H2,1H3. The maximum atomic E-state index is 4.77. The van der Waals surface area contributed by atoms with Crippen molar-refractivity contribution < 1.29 is 0 Å². The Hall–Kier alpha value is -1.90. The second-order valence-corrected chi connectivity index (χ2v) is 8.85. The molecule has 27 heavy (non-hydrogen) atoms. The lowest BCUT2D eigenvalue weighted by molar-refractivity contribution is 0.0247. The van der Waals surface area contributed by atoms with Gasteiger partial charge in [-0.2, -0.15) is 0 Å². The first-order valence-electron chi connectivity index (χ1n) is 10.8. The molecule has 1 aromatic heterocycles. The summed E-state index contributed by atoms with van der Waals surface area (Å²) in [6, 6.07) is 10.5. The van der Waals surface area contributed by atoms with Gasteiger partial charge in [-0.3, -0.25) is 0 Å². The molecule has 0 N–H and O–H groups in total. The summed E-state index contributed by atoms with van der Waals surface area (Å²) >= 11 is 0. The quantitative estimate of drug-likeness (QED) is 0.407. The van der Waals surface area contributed by atoms with Crippen molar-refractivity contribution in [1.82, 2.24) is 14.8 Å². The van der Waals surface area contributed by atoms with Crippen LogP contribution in [0, 0.1) is 5.41 Å². The van der Waals surface area contributed by atoms with Crippen LogP contribution in [-0.4, -0.2) is 14.8 Å². The van der Waals surface area contributed by atoms with Gasteiger partial charge in [0.1, 0.15) is 5.82 Å². The van der Waals surface area contributed by atoms with Crippen LogP contribution >= 0.6 is 0 Å². The molecule has 1 aromatic carbocycles. The van der Waals surface area contributed by atoms with Crippen LogP contribution in [0.1, 0.15) is 77.0 Å². The maximum Gasteiger partial charge on any atom is 0.164 e. The molecule has 0 radical (unpaired) electrons. The van der Waals surface area contributed by atoms with E-state index in [1.807, 2.05) is 6.08 Å². The van der Waals surface area contributed by atoms with E-state index in [4.69, 9.17) is 5.10 Å². The van der Waals surface area contributed by atoms with Gasteiger partial charge in [0.2, 0.25) is 0 Å². The molecular weight excluding hydrogens is 330 g/mol. The van der Waals surface area contributed by atoms with Gasteiger partial charge in [-0.25, -0.2) is 0 Å². The third-order valence-electron chi connectivity index (χ3n) is 7.28. The zero-order valence-electron chi connectivity index (χ0n) is 16.8. The average Bonchev–Trinajstić information content (AvgIpc) is 3.15. The van der Waals surface area contributed by atoms with E-state index in [1.165, 1.54) is 70.0 Å². The van der Waals surface area contributed by atoms with Gasteiger partial charge >= 0.3 is 0 Å². The highest BCUT2D eigenvalue weighted by Gasteiger charge is 2.51. The van der Waals surface area contributed by atoms with Gasteiger partial charge in [-0.1, -0.05) is 62.6 Å². The Bertz CT molecular complexity index is 750. The van der Waals surface area contributed by atoms with Crippen molar-refractivity contribution in [3.05, 3.63) is 48.8 Å². The Kier molecular flexibility index (Phi) is 5.21. The van der Waals surface area contributed by atoms with E-state index in [-0.39, 0.29) is 5.41 Å². The van der Waals surface area contributed by atoms with E-state index >= 15 is 0 Å². The summed E-state index contributed by atoms with van der Waals surface area (Å²) in [5.74, 6) is 2.20. The SMILES string of the molecule is C=CCn1c(-c2ccccc2)nnc1C12CCC(CCCCC)(CC1)CC2. The number of allylic oxidation sites excluding steroid dienone is 1. The van der Waals surface area contributed by atoms with Crippen LogP contribution < -0.4 is 0 Å². The molecule has 1 heterocycles. The van der Waals surface area contributed by atoms with Crippen LogP contribution in [0.5, 0.6) is 0 Å². The zero-order chi connectivity index (χ0) is 18.7. The van der Waals surface area contributed by atoms with Crippen LogP contribution in [0.2, 0.25) is 0 Å². The predicted molar refractivity (Wildman–Crippen MR) is 112 cm³/mol. The van der Waals surface area contributed by atoms with Crippen LogP contribution in [0.4, 0.5) is 0 Å². The van der Waals surface area contributed by atoms with Crippen LogP contribution in [0.25, 0.3) is 11.4 Å². The van der Waals surface area contributed by atoms with E-state index in [0.717, 1.165) is 17.9 Å². The molecule has 0 unspecified atom stereocenters. The van der Waals surface area contributed by atoms with Crippen molar-refractivity contribution in [3.63, 3.8) is 0 Å². The lowest BCUT2D eigenvalue weighted by atomic mass is 9.52. The first kappa shape index (κ1) is 18.5. The van der Waals surface area contributed by atoms with Crippen molar-refractivity contribution in [2.45, 2.75) is 83.1 Å². The van der Waals surface area contributed by atoms with Crippen molar-refractivity contribution in [2.24, 2.45) is 5.41 Å². The number of nitrogens with zero attached hydrogens (tertiary/aromatic N) is 3. The molecule has 0 spiro atoms. The molecule has 2 aromatic rings. The number of aromatic nitrogens is 3. The summed E-state index contributed by atoms with van der Waals surface area (Å²) in [4.78, 5) is 0. The summed E-state index contributed by atoms with van der Waals surface area (Å²) in [6.07, 6.45) is 15.5. The Labute approximate surface area is 163 Å². The highest BCUT2D eigenvalue weighted by atomic mass is 15.3. The number of fused-ring (bicyclic) bond motifs is 3. The molecule has 0 saturated heterocycles. The lowest BCUT2D eigenvalue weighted by Gasteiger charge is -2.53. The Morgan fingerprint density at radius 3 is 2.33 bits per heavy atom. The normalized spacial score (nSPS) is 27.0. The Morgan fingerprint density at radius 1 is 1.00 bits per heavy atom. The van der Waals surface area contributed by atoms with Gasteiger partial charge in [0, 0.05) is 17.5 Å². The fourth-order valence-corrected chi connectivity index (χ4v) is 5.52. The summed E-state index contributed by atoms with van der Waals surface area (Å²) in [5.41, 5.74) is 2.01. The molecule has 3 nitrogen and oxygen atoms in total. The number of unbranched alkanes of at least 4 members (excludes halogenated alkanes) is 2. The third-order valence-corrected chi connectivity index (χ3v) is 7.28. The highest BCUT2D eigenvalue weighted by Crippen LogP contribution is 2.59. The second kappa shape index (κ2) is 7.61. The van der Waals surface area contributed by atoms with Gasteiger partial charge in [-0.15, -0.1) is 16.8 Å². The lowest BCUT2D eigenvalue weighted by Crippen LogP contribution is -2.45. The minimum absolute atomic E-state index is 0.232. The summed E-state index contributed by atoms with van der Waals surface area (Å²) in [7, 11) is 0. The van der Waals surface area contributed by atoms with Crippen molar-refractivity contribution in [2.75, 3.05) is 0 Å². The van der Waals surface area contributed by atoms with Crippen molar-refractivity contribution in [3.8, 4) is 11.4 Å². The van der Waals surface area contributed by atoms with E-state index in [9.17, 15) is 0 Å². The summed E-state index contributed by atoms with van der Waals surface area (Å²) in [6.45, 7) is 7.09. The largest absolute Gasteiger partial charge is 0.307 e. The van der Waals surface area contributed by atoms with E-state index < -0.39 is 0 Å². The van der Waals surface area contributed by atoms with Crippen molar-refractivity contribution in [1.29, 1.82) is 0 Å². The average molecular weight is 364 g/mol. The second-order valence-electron chi connectivity index (χ2n) is 8.85. The molecule has 144 valence electrons. The molecule has 3 saturated carbocycles. The monoisotopic (exact) mass is 363 g/mol. The minimum atomic E-state index is 0.232. The summed E-state index contributed by atoms with van der Waals surface area (Å²) in [5, 5.41) is 9.40. The molecule has 3 heteroatoms. The van der Waals surface area contributed by atoms with Gasteiger partial charge in [-0.05, 0) is 50.4 Å². The van der Waals surface area contributed by atoms with Crippen LogP contribution in [0.15, 0.2) is 43.0 Å². The Balaban J connectivity index is 1.60. The van der Waals surface area contributed by atoms with Gasteiger partial charge in [0.25, 0.3) is 0 Å². The zero-order valence-corrected chi connectivity index (χ0v) is 16.8. The number of hydrogen-bond donors (Lipinski definition) is 0. The molecule has 3 fully saturated rings. The first-order chi connectivity index (χ1) is 13.2. The molecule has 5 rings (SSSR count). The number of rotatable bonds is 8. The van der Waals surface area contributed by atoms with E-state index in [2.05, 4.69) is 53.5 Å². The molecule has 0 aliphatic heterocycles. The topological polar surface area (TPSA) is 30.7 Å². The maximum absolute atomic E-state index is 4.77. The minimum Gasteiger partial charge on any atom is -0.307 e. The fourth-order valence-electron chi connectivity index (χ4n) is 5.52. The smallest absolute Gasteiger partial charge is 0.164 e. The molecule has 3 aliphatic rings. The molecule has 0 amide bonds. The molecule has 2 bridgehead atoms. The van der Waals surface area contributed by atoms with Crippen molar-refractivity contribution >= 4 is 0 Å². The Morgan fingerprint density at radius 2 is 1.70 bits per heavy atom. The van der Waals surface area contributed by atoms with Gasteiger partial charge in [0.15, 0.2) is 5.82 Å². The molecule has 0 atom stereocenters. The van der Waals surface area contributed by atoms with Gasteiger partial charge in [0.05, 0.1) is 0 Å². The van der Waals surface area contributed by atoms with Crippen LogP contribution in [0.3, 0.4) is 0 Å². The fraction of sp³-hybridized carbons (Fsp3) is 0.583. The van der Waals surface area contributed by atoms with Gasteiger partial charge < -0.3 is 4.57 Å². The number of hydrogen-bond acceptors (Lipinski definition) is 2.